The smallest absolute Gasteiger partial charge is 0.264 e. The molecule has 0 bridgehead atoms. The minimum atomic E-state index is -0.239. The van der Waals surface area contributed by atoms with Crippen molar-refractivity contribution in [3.8, 4) is 0 Å². The van der Waals surface area contributed by atoms with E-state index in [1.165, 1.54) is 21.8 Å². The van der Waals surface area contributed by atoms with Gasteiger partial charge in [-0.15, -0.1) is 0 Å². The number of carbonyl (C=O) groups is 1. The van der Waals surface area contributed by atoms with Gasteiger partial charge in [0.15, 0.2) is 5.65 Å². The topological polar surface area (TPSA) is 110 Å². The zero-order valence-electron chi connectivity index (χ0n) is 13.4. The van der Waals surface area contributed by atoms with Gasteiger partial charge in [0.1, 0.15) is 5.39 Å². The molecule has 9 nitrogen and oxygen atoms in total. The van der Waals surface area contributed by atoms with Crippen LogP contribution in [-0.4, -0.2) is 35.2 Å². The van der Waals surface area contributed by atoms with E-state index in [1.807, 2.05) is 24.3 Å². The molecule has 25 heavy (non-hydrogen) atoms. The fourth-order valence-corrected chi connectivity index (χ4v) is 2.65. The average Bonchev–Trinajstić information content (AvgIpc) is 3.18. The highest BCUT2D eigenvalue weighted by atomic mass is 16.2. The summed E-state index contributed by atoms with van der Waals surface area (Å²) in [6.45, 7) is 0.225. The molecule has 2 N–H and O–H groups in total. The fraction of sp³-hybridized carbons (Fsp3) is 0.188. The van der Waals surface area contributed by atoms with Crippen LogP contribution < -0.4 is 10.9 Å². The van der Waals surface area contributed by atoms with Gasteiger partial charge in [0.25, 0.3) is 5.56 Å². The first-order valence-corrected chi connectivity index (χ1v) is 7.73. The van der Waals surface area contributed by atoms with Crippen LogP contribution in [0.15, 0.2) is 41.6 Å². The van der Waals surface area contributed by atoms with Crippen molar-refractivity contribution in [1.82, 2.24) is 29.3 Å². The number of nitrogens with one attached hydrogen (secondary N) is 2. The van der Waals surface area contributed by atoms with Crippen molar-refractivity contribution in [3.05, 3.63) is 47.1 Å². The van der Waals surface area contributed by atoms with Crippen LogP contribution in [0.5, 0.6) is 0 Å². The van der Waals surface area contributed by atoms with Crippen LogP contribution >= 0.6 is 0 Å². The van der Waals surface area contributed by atoms with Crippen molar-refractivity contribution in [2.24, 2.45) is 7.05 Å². The van der Waals surface area contributed by atoms with Gasteiger partial charge in [-0.25, -0.2) is 9.97 Å². The van der Waals surface area contributed by atoms with Crippen molar-refractivity contribution in [3.63, 3.8) is 0 Å². The maximum Gasteiger partial charge on any atom is 0.264 e. The number of hydrogen-bond acceptors (Lipinski definition) is 5. The van der Waals surface area contributed by atoms with E-state index in [4.69, 9.17) is 0 Å². The number of benzene rings is 1. The average molecular weight is 337 g/mol. The SMILES string of the molecule is Cn1ncc2c(=O)n(CCC(=O)Nc3nc4ccccc4[nH]3)cnc21. The number of aryl methyl sites for hydroxylation is 2. The van der Waals surface area contributed by atoms with Gasteiger partial charge < -0.3 is 4.98 Å². The molecule has 0 atom stereocenters. The molecule has 0 unspecified atom stereocenters. The predicted octanol–water partition coefficient (Wildman–Crippen LogP) is 1.04. The molecular formula is C16H15N7O2. The number of anilines is 1. The molecule has 0 fully saturated rings. The molecule has 0 aliphatic carbocycles. The number of aromatic nitrogens is 6. The monoisotopic (exact) mass is 337 g/mol. The third-order valence-corrected chi connectivity index (χ3v) is 3.95. The van der Waals surface area contributed by atoms with Gasteiger partial charge in [0, 0.05) is 20.0 Å². The molecular weight excluding hydrogens is 322 g/mol. The van der Waals surface area contributed by atoms with Crippen molar-refractivity contribution >= 4 is 33.9 Å². The van der Waals surface area contributed by atoms with Crippen LogP contribution in [-0.2, 0) is 18.4 Å². The summed E-state index contributed by atoms with van der Waals surface area (Å²) in [6.07, 6.45) is 3.04. The van der Waals surface area contributed by atoms with Crippen LogP contribution in [0.2, 0.25) is 0 Å². The third kappa shape index (κ3) is 2.75. The first-order chi connectivity index (χ1) is 12.1. The van der Waals surface area contributed by atoms with Crippen LogP contribution in [0.4, 0.5) is 5.95 Å². The number of para-hydroxylation sites is 2. The Kier molecular flexibility index (Phi) is 3.53. The Labute approximate surface area is 141 Å². The van der Waals surface area contributed by atoms with E-state index in [0.29, 0.717) is 17.0 Å². The molecule has 3 aromatic heterocycles. The molecule has 1 amide bonds. The molecule has 126 valence electrons. The van der Waals surface area contributed by atoms with Gasteiger partial charge in [-0.3, -0.25) is 24.2 Å². The largest absolute Gasteiger partial charge is 0.324 e. The second-order valence-corrected chi connectivity index (χ2v) is 5.65. The molecule has 1 aromatic carbocycles. The van der Waals surface area contributed by atoms with Crippen molar-refractivity contribution in [1.29, 1.82) is 0 Å². The Hall–Kier alpha value is -3.49. The standard InChI is InChI=1S/C16H15N7O2/c1-22-14-10(8-18-22)15(25)23(9-17-14)7-6-13(24)21-16-19-11-4-2-3-5-12(11)20-16/h2-5,8-9H,6-7H2,1H3,(H2,19,20,21,24). The summed E-state index contributed by atoms with van der Waals surface area (Å²) >= 11 is 0. The molecule has 0 saturated carbocycles. The summed E-state index contributed by atoms with van der Waals surface area (Å²) in [4.78, 5) is 36.0. The summed E-state index contributed by atoms with van der Waals surface area (Å²) in [5.41, 5.74) is 1.93. The summed E-state index contributed by atoms with van der Waals surface area (Å²) < 4.78 is 2.94. The normalized spacial score (nSPS) is 11.2. The zero-order valence-corrected chi connectivity index (χ0v) is 13.4. The lowest BCUT2D eigenvalue weighted by Crippen LogP contribution is -2.23. The number of rotatable bonds is 4. The lowest BCUT2D eigenvalue weighted by atomic mass is 10.3. The van der Waals surface area contributed by atoms with Gasteiger partial charge in [0.2, 0.25) is 11.9 Å². The van der Waals surface area contributed by atoms with Crippen LogP contribution in [0.25, 0.3) is 22.1 Å². The van der Waals surface area contributed by atoms with Crippen LogP contribution in [0.1, 0.15) is 6.42 Å². The van der Waals surface area contributed by atoms with E-state index < -0.39 is 0 Å². The second-order valence-electron chi connectivity index (χ2n) is 5.65. The highest BCUT2D eigenvalue weighted by Gasteiger charge is 2.10. The summed E-state index contributed by atoms with van der Waals surface area (Å²) in [7, 11) is 1.72. The lowest BCUT2D eigenvalue weighted by molar-refractivity contribution is -0.116. The van der Waals surface area contributed by atoms with Crippen LogP contribution in [0, 0.1) is 0 Å². The maximum absolute atomic E-state index is 12.3. The van der Waals surface area contributed by atoms with E-state index in [1.54, 1.807) is 7.05 Å². The van der Waals surface area contributed by atoms with Gasteiger partial charge >= 0.3 is 0 Å². The number of carbonyl (C=O) groups excluding carboxylic acids is 1. The minimum absolute atomic E-state index is 0.129. The number of fused-ring (bicyclic) bond motifs is 2. The zero-order chi connectivity index (χ0) is 17.4. The number of amides is 1. The highest BCUT2D eigenvalue weighted by Crippen LogP contribution is 2.13. The van der Waals surface area contributed by atoms with Gasteiger partial charge in [0.05, 0.1) is 23.6 Å². The first-order valence-electron chi connectivity index (χ1n) is 7.73. The molecule has 4 rings (SSSR count). The molecule has 9 heteroatoms. The highest BCUT2D eigenvalue weighted by molar-refractivity contribution is 5.91. The lowest BCUT2D eigenvalue weighted by Gasteiger charge is -2.05. The second kappa shape index (κ2) is 5.86. The van der Waals surface area contributed by atoms with Gasteiger partial charge in [-0.05, 0) is 12.1 Å². The first kappa shape index (κ1) is 15.1. The Balaban J connectivity index is 1.46. The number of H-pyrrole nitrogens is 1. The summed E-state index contributed by atoms with van der Waals surface area (Å²) in [5, 5.41) is 7.16. The molecule has 0 radical (unpaired) electrons. The number of aromatic amines is 1. The Bertz CT molecular complexity index is 1110. The number of hydrogen-bond donors (Lipinski definition) is 2. The van der Waals surface area contributed by atoms with Crippen molar-refractivity contribution in [2.45, 2.75) is 13.0 Å². The third-order valence-electron chi connectivity index (χ3n) is 3.95. The van der Waals surface area contributed by atoms with Gasteiger partial charge in [-0.1, -0.05) is 12.1 Å². The molecule has 0 aliphatic heterocycles. The van der Waals surface area contributed by atoms with E-state index >= 15 is 0 Å². The number of imidazole rings is 1. The fourth-order valence-electron chi connectivity index (χ4n) is 2.65. The molecule has 0 saturated heterocycles. The Morgan fingerprint density at radius 1 is 1.32 bits per heavy atom. The molecule has 0 aliphatic rings. The van der Waals surface area contributed by atoms with Crippen molar-refractivity contribution < 1.29 is 4.79 Å². The molecule has 3 heterocycles. The minimum Gasteiger partial charge on any atom is -0.324 e. The molecule has 4 aromatic rings. The van der Waals surface area contributed by atoms with E-state index in [0.717, 1.165) is 11.0 Å². The summed E-state index contributed by atoms with van der Waals surface area (Å²) in [6, 6.07) is 7.51. The van der Waals surface area contributed by atoms with Crippen LogP contribution in [0.3, 0.4) is 0 Å². The Morgan fingerprint density at radius 2 is 2.16 bits per heavy atom. The molecule has 0 spiro atoms. The maximum atomic E-state index is 12.3. The summed E-state index contributed by atoms with van der Waals surface area (Å²) in [5.74, 6) is 0.150. The Morgan fingerprint density at radius 3 is 3.00 bits per heavy atom. The number of nitrogens with zero attached hydrogens (tertiary/aromatic N) is 5. The van der Waals surface area contributed by atoms with E-state index in [2.05, 4.69) is 25.4 Å². The quantitative estimate of drug-likeness (QED) is 0.578. The van der Waals surface area contributed by atoms with E-state index in [-0.39, 0.29) is 24.4 Å². The van der Waals surface area contributed by atoms with E-state index in [9.17, 15) is 9.59 Å². The van der Waals surface area contributed by atoms with Gasteiger partial charge in [-0.2, -0.15) is 5.10 Å². The predicted molar refractivity (Wildman–Crippen MR) is 92.1 cm³/mol. The van der Waals surface area contributed by atoms with Crippen molar-refractivity contribution in [2.75, 3.05) is 5.32 Å².